The van der Waals surface area contributed by atoms with E-state index in [1.54, 1.807) is 11.3 Å². The van der Waals surface area contributed by atoms with Gasteiger partial charge in [-0.2, -0.15) is 5.10 Å². The molecule has 0 amide bonds. The highest BCUT2D eigenvalue weighted by molar-refractivity contribution is 7.15. The van der Waals surface area contributed by atoms with E-state index in [9.17, 15) is 0 Å². The lowest BCUT2D eigenvalue weighted by molar-refractivity contribution is 0.322. The maximum atomic E-state index is 4.93. The number of aryl methyl sites for hydroxylation is 2. The summed E-state index contributed by atoms with van der Waals surface area (Å²) < 4.78 is 2.12. The van der Waals surface area contributed by atoms with E-state index in [1.807, 2.05) is 18.3 Å². The molecule has 4 aromatic rings. The summed E-state index contributed by atoms with van der Waals surface area (Å²) in [4.78, 5) is 12.1. The van der Waals surface area contributed by atoms with Gasteiger partial charge in [0.2, 0.25) is 5.13 Å². The molecule has 0 aliphatic carbocycles. The maximum Gasteiger partial charge on any atom is 0.211 e. The molecular formula is C26H34N8S. The average molecular weight is 491 g/mol. The van der Waals surface area contributed by atoms with Crippen LogP contribution in [0.4, 0.5) is 10.9 Å². The van der Waals surface area contributed by atoms with Gasteiger partial charge in [0.1, 0.15) is 10.8 Å². The lowest BCUT2D eigenvalue weighted by atomic mass is 10.1. The van der Waals surface area contributed by atoms with Gasteiger partial charge in [0.05, 0.1) is 16.7 Å². The van der Waals surface area contributed by atoms with Crippen molar-refractivity contribution in [3.05, 3.63) is 41.3 Å². The first-order valence-corrected chi connectivity index (χ1v) is 13.6. The minimum Gasteiger partial charge on any atom is -0.315 e. The van der Waals surface area contributed by atoms with Crippen LogP contribution in [0.25, 0.3) is 22.2 Å². The van der Waals surface area contributed by atoms with Crippen molar-refractivity contribution in [3.63, 3.8) is 0 Å². The number of hydrogen-bond donors (Lipinski definition) is 1. The van der Waals surface area contributed by atoms with E-state index in [1.165, 1.54) is 25.9 Å². The number of rotatable bonds is 10. The third-order valence-corrected chi connectivity index (χ3v) is 7.54. The summed E-state index contributed by atoms with van der Waals surface area (Å²) in [6.07, 6.45) is 9.96. The Morgan fingerprint density at radius 3 is 2.71 bits per heavy atom. The molecule has 1 N–H and O–H groups in total. The molecule has 1 saturated heterocycles. The van der Waals surface area contributed by atoms with Crippen molar-refractivity contribution < 1.29 is 0 Å². The number of nitrogens with one attached hydrogen (secondary N) is 1. The summed E-state index contributed by atoms with van der Waals surface area (Å²) in [5.74, 6) is 1.10. The minimum atomic E-state index is 0.359. The fourth-order valence-corrected chi connectivity index (χ4v) is 5.31. The standard InChI is InChI=1S/C26H34N8S/c1-4-8-21-20(17-34(32-21)14-7-13-33-11-5-6-12-33)19-15-23-22(27-16-19)9-10-24(28-23)29-26-31-30-25(35-26)18(2)3/h9-10,15-18H,4-8,11-14H2,1-3H3,(H,28,29,31). The van der Waals surface area contributed by atoms with Crippen LogP contribution >= 0.6 is 11.3 Å². The van der Waals surface area contributed by atoms with E-state index in [2.05, 4.69) is 58.1 Å². The van der Waals surface area contributed by atoms with Crippen LogP contribution in [0.2, 0.25) is 0 Å². The van der Waals surface area contributed by atoms with Crippen LogP contribution in [0.3, 0.4) is 0 Å². The van der Waals surface area contributed by atoms with E-state index in [4.69, 9.17) is 15.1 Å². The second kappa shape index (κ2) is 10.8. The topological polar surface area (TPSA) is 84.7 Å². The average Bonchev–Trinajstić information content (AvgIpc) is 3.61. The molecule has 0 atom stereocenters. The van der Waals surface area contributed by atoms with Gasteiger partial charge in [0, 0.05) is 36.0 Å². The predicted octanol–water partition coefficient (Wildman–Crippen LogP) is 5.65. The molecule has 0 radical (unpaired) electrons. The molecule has 4 aromatic heterocycles. The molecule has 9 heteroatoms. The zero-order chi connectivity index (χ0) is 24.2. The number of anilines is 2. The molecule has 0 spiro atoms. The Labute approximate surface area is 210 Å². The Morgan fingerprint density at radius 1 is 1.09 bits per heavy atom. The second-order valence-corrected chi connectivity index (χ2v) is 10.6. The van der Waals surface area contributed by atoms with Gasteiger partial charge in [0.25, 0.3) is 0 Å². The number of fused-ring (bicyclic) bond motifs is 1. The fourth-order valence-electron chi connectivity index (χ4n) is 4.55. The van der Waals surface area contributed by atoms with Gasteiger partial charge in [-0.15, -0.1) is 10.2 Å². The van der Waals surface area contributed by atoms with Crippen LogP contribution in [0.5, 0.6) is 0 Å². The van der Waals surface area contributed by atoms with Gasteiger partial charge in [-0.05, 0) is 63.5 Å². The van der Waals surface area contributed by atoms with Crippen molar-refractivity contribution in [1.82, 2.24) is 34.8 Å². The van der Waals surface area contributed by atoms with Gasteiger partial charge in [-0.3, -0.25) is 9.67 Å². The van der Waals surface area contributed by atoms with E-state index >= 15 is 0 Å². The van der Waals surface area contributed by atoms with Crippen LogP contribution in [0.15, 0.2) is 30.6 Å². The van der Waals surface area contributed by atoms with Gasteiger partial charge < -0.3 is 10.2 Å². The molecule has 1 aliphatic heterocycles. The minimum absolute atomic E-state index is 0.359. The Hall–Kier alpha value is -2.91. The summed E-state index contributed by atoms with van der Waals surface area (Å²) >= 11 is 1.56. The Morgan fingerprint density at radius 2 is 1.94 bits per heavy atom. The summed E-state index contributed by atoms with van der Waals surface area (Å²) in [6.45, 7) is 11.0. The lowest BCUT2D eigenvalue weighted by Crippen LogP contribution is -2.21. The molecule has 1 fully saturated rings. The molecule has 184 valence electrons. The normalized spacial score (nSPS) is 14.4. The molecule has 0 aromatic carbocycles. The molecule has 5 rings (SSSR count). The van der Waals surface area contributed by atoms with Crippen molar-refractivity contribution in [3.8, 4) is 11.1 Å². The monoisotopic (exact) mass is 490 g/mol. The largest absolute Gasteiger partial charge is 0.315 e. The SMILES string of the molecule is CCCc1nn(CCCN2CCCC2)cc1-c1cnc2ccc(Nc3nnc(C(C)C)s3)nc2c1. The molecule has 1 aliphatic rings. The molecule has 0 saturated carbocycles. The van der Waals surface area contributed by atoms with Crippen molar-refractivity contribution in [2.75, 3.05) is 25.0 Å². The van der Waals surface area contributed by atoms with E-state index in [-0.39, 0.29) is 0 Å². The van der Waals surface area contributed by atoms with Crippen LogP contribution in [0.1, 0.15) is 63.1 Å². The van der Waals surface area contributed by atoms with E-state index < -0.39 is 0 Å². The zero-order valence-corrected chi connectivity index (χ0v) is 21.7. The van der Waals surface area contributed by atoms with Gasteiger partial charge in [0.15, 0.2) is 0 Å². The summed E-state index contributed by atoms with van der Waals surface area (Å²) in [6, 6.07) is 6.05. The number of likely N-dealkylation sites (tertiary alicyclic amines) is 1. The van der Waals surface area contributed by atoms with Crippen molar-refractivity contribution in [2.24, 2.45) is 0 Å². The highest BCUT2D eigenvalue weighted by atomic mass is 32.1. The number of nitrogens with zero attached hydrogens (tertiary/aromatic N) is 7. The highest BCUT2D eigenvalue weighted by Gasteiger charge is 2.15. The van der Waals surface area contributed by atoms with Gasteiger partial charge in [-0.1, -0.05) is 38.5 Å². The third-order valence-electron chi connectivity index (χ3n) is 6.40. The Bertz CT molecular complexity index is 1270. The van der Waals surface area contributed by atoms with E-state index in [0.29, 0.717) is 5.92 Å². The second-order valence-electron chi connectivity index (χ2n) is 9.59. The number of aromatic nitrogens is 6. The maximum absolute atomic E-state index is 4.93. The Kier molecular flexibility index (Phi) is 7.34. The van der Waals surface area contributed by atoms with Crippen LogP contribution in [-0.2, 0) is 13.0 Å². The molecule has 0 unspecified atom stereocenters. The summed E-state index contributed by atoms with van der Waals surface area (Å²) in [5.41, 5.74) is 5.08. The number of pyridine rings is 2. The lowest BCUT2D eigenvalue weighted by Gasteiger charge is -2.13. The first-order chi connectivity index (χ1) is 17.1. The van der Waals surface area contributed by atoms with Crippen molar-refractivity contribution in [2.45, 2.75) is 65.3 Å². The van der Waals surface area contributed by atoms with Crippen molar-refractivity contribution >= 4 is 33.3 Å². The van der Waals surface area contributed by atoms with E-state index in [0.717, 1.165) is 76.2 Å². The summed E-state index contributed by atoms with van der Waals surface area (Å²) in [7, 11) is 0. The highest BCUT2D eigenvalue weighted by Crippen LogP contribution is 2.28. The summed E-state index contributed by atoms with van der Waals surface area (Å²) in [5, 5.41) is 18.5. The molecule has 5 heterocycles. The smallest absolute Gasteiger partial charge is 0.211 e. The third kappa shape index (κ3) is 5.67. The molecule has 0 bridgehead atoms. The van der Waals surface area contributed by atoms with Crippen LogP contribution in [0, 0.1) is 0 Å². The quantitative estimate of drug-likeness (QED) is 0.307. The zero-order valence-electron chi connectivity index (χ0n) is 20.9. The first-order valence-electron chi connectivity index (χ1n) is 12.8. The first kappa shape index (κ1) is 23.8. The molecule has 8 nitrogen and oxygen atoms in total. The van der Waals surface area contributed by atoms with Gasteiger partial charge in [-0.25, -0.2) is 4.98 Å². The molecular weight excluding hydrogens is 456 g/mol. The van der Waals surface area contributed by atoms with Gasteiger partial charge >= 0.3 is 0 Å². The molecule has 35 heavy (non-hydrogen) atoms. The van der Waals surface area contributed by atoms with Crippen LogP contribution < -0.4 is 5.32 Å². The predicted molar refractivity (Wildman–Crippen MR) is 142 cm³/mol. The Balaban J connectivity index is 1.36. The van der Waals surface area contributed by atoms with Crippen LogP contribution in [-0.4, -0.2) is 54.5 Å². The van der Waals surface area contributed by atoms with Crippen molar-refractivity contribution in [1.29, 1.82) is 0 Å². The number of hydrogen-bond acceptors (Lipinski definition) is 8. The fraction of sp³-hybridized carbons (Fsp3) is 0.500.